The molecule has 80 valence electrons. The molecule has 1 unspecified atom stereocenters. The SMILES string of the molecule is N#CC(c1scnc1F)N1CCOCC1. The van der Waals surface area contributed by atoms with Gasteiger partial charge in [0.05, 0.1) is 29.7 Å². The predicted molar refractivity (Wildman–Crippen MR) is 52.8 cm³/mol. The van der Waals surface area contributed by atoms with Gasteiger partial charge in [-0.2, -0.15) is 9.65 Å². The Morgan fingerprint density at radius 2 is 2.33 bits per heavy atom. The molecule has 15 heavy (non-hydrogen) atoms. The molecule has 0 saturated carbocycles. The van der Waals surface area contributed by atoms with Crippen LogP contribution in [0.3, 0.4) is 0 Å². The van der Waals surface area contributed by atoms with Crippen LogP contribution in [0.25, 0.3) is 0 Å². The quantitative estimate of drug-likeness (QED) is 0.761. The zero-order valence-corrected chi connectivity index (χ0v) is 8.84. The summed E-state index contributed by atoms with van der Waals surface area (Å²) in [5.41, 5.74) is 1.43. The molecule has 1 fully saturated rings. The lowest BCUT2D eigenvalue weighted by atomic mass is 10.2. The van der Waals surface area contributed by atoms with Crippen molar-refractivity contribution >= 4 is 11.3 Å². The molecule has 1 aliphatic heterocycles. The Morgan fingerprint density at radius 1 is 1.60 bits per heavy atom. The van der Waals surface area contributed by atoms with Crippen molar-refractivity contribution in [2.75, 3.05) is 26.3 Å². The van der Waals surface area contributed by atoms with Gasteiger partial charge in [0.1, 0.15) is 6.04 Å². The fourth-order valence-electron chi connectivity index (χ4n) is 1.56. The van der Waals surface area contributed by atoms with Crippen molar-refractivity contribution in [1.82, 2.24) is 9.88 Å². The van der Waals surface area contributed by atoms with Crippen molar-refractivity contribution in [3.05, 3.63) is 16.3 Å². The van der Waals surface area contributed by atoms with Crippen molar-refractivity contribution in [2.24, 2.45) is 0 Å². The van der Waals surface area contributed by atoms with E-state index in [1.165, 1.54) is 16.8 Å². The van der Waals surface area contributed by atoms with Crippen LogP contribution in [0, 0.1) is 17.3 Å². The van der Waals surface area contributed by atoms with Gasteiger partial charge >= 0.3 is 0 Å². The molecular formula is C9H10FN3OS. The van der Waals surface area contributed by atoms with Gasteiger partial charge in [-0.15, -0.1) is 11.3 Å². The summed E-state index contributed by atoms with van der Waals surface area (Å²) in [6.07, 6.45) is 0. The Labute approximate surface area is 90.9 Å². The normalized spacial score (nSPS) is 19.7. The van der Waals surface area contributed by atoms with Crippen LogP contribution >= 0.6 is 11.3 Å². The number of hydrogen-bond donors (Lipinski definition) is 0. The number of aromatic nitrogens is 1. The summed E-state index contributed by atoms with van der Waals surface area (Å²) in [6, 6.07) is 1.59. The Hall–Kier alpha value is -1.03. The second-order valence-electron chi connectivity index (χ2n) is 3.19. The van der Waals surface area contributed by atoms with Crippen LogP contribution in [0.4, 0.5) is 4.39 Å². The third-order valence-electron chi connectivity index (χ3n) is 2.33. The maximum absolute atomic E-state index is 13.2. The molecule has 6 heteroatoms. The van der Waals surface area contributed by atoms with E-state index >= 15 is 0 Å². The second-order valence-corrected chi connectivity index (χ2v) is 4.07. The molecule has 1 aliphatic rings. The van der Waals surface area contributed by atoms with Crippen LogP contribution in [-0.2, 0) is 4.74 Å². The molecular weight excluding hydrogens is 217 g/mol. The van der Waals surface area contributed by atoms with Gasteiger partial charge in [-0.05, 0) is 0 Å². The van der Waals surface area contributed by atoms with E-state index in [9.17, 15) is 4.39 Å². The molecule has 1 aromatic heterocycles. The van der Waals surface area contributed by atoms with Crippen LogP contribution in [-0.4, -0.2) is 36.2 Å². The zero-order valence-electron chi connectivity index (χ0n) is 8.02. The summed E-state index contributed by atoms with van der Waals surface area (Å²) in [4.78, 5) is 5.84. The molecule has 2 heterocycles. The number of thiazole rings is 1. The fourth-order valence-corrected chi connectivity index (χ4v) is 2.30. The van der Waals surface area contributed by atoms with Crippen molar-refractivity contribution < 1.29 is 9.13 Å². The Kier molecular flexibility index (Phi) is 3.26. The first kappa shape index (κ1) is 10.5. The first-order valence-corrected chi connectivity index (χ1v) is 5.51. The van der Waals surface area contributed by atoms with Crippen LogP contribution in [0.1, 0.15) is 10.9 Å². The summed E-state index contributed by atoms with van der Waals surface area (Å²) in [5.74, 6) is -0.530. The average Bonchev–Trinajstić information content (AvgIpc) is 2.68. The maximum atomic E-state index is 13.2. The minimum atomic E-state index is -0.530. The molecule has 1 atom stereocenters. The molecule has 0 aromatic carbocycles. The van der Waals surface area contributed by atoms with Gasteiger partial charge in [0.15, 0.2) is 0 Å². The summed E-state index contributed by atoms with van der Waals surface area (Å²) in [5, 5.41) is 9.05. The lowest BCUT2D eigenvalue weighted by Crippen LogP contribution is -2.38. The number of nitrogens with zero attached hydrogens (tertiary/aromatic N) is 3. The molecule has 0 spiro atoms. The van der Waals surface area contributed by atoms with Gasteiger partial charge in [-0.25, -0.2) is 4.98 Å². The van der Waals surface area contributed by atoms with E-state index in [1.54, 1.807) is 0 Å². The summed E-state index contributed by atoms with van der Waals surface area (Å²) in [7, 11) is 0. The van der Waals surface area contributed by atoms with E-state index in [2.05, 4.69) is 11.1 Å². The number of ether oxygens (including phenoxy) is 1. The third kappa shape index (κ3) is 2.15. The van der Waals surface area contributed by atoms with Gasteiger partial charge in [0.25, 0.3) is 0 Å². The third-order valence-corrected chi connectivity index (χ3v) is 3.19. The Balaban J connectivity index is 2.17. The predicted octanol–water partition coefficient (Wildman–Crippen LogP) is 1.18. The van der Waals surface area contributed by atoms with Crippen molar-refractivity contribution in [3.63, 3.8) is 0 Å². The molecule has 0 aliphatic carbocycles. The van der Waals surface area contributed by atoms with Crippen LogP contribution in [0.15, 0.2) is 5.51 Å². The van der Waals surface area contributed by atoms with Gasteiger partial charge in [-0.1, -0.05) is 0 Å². The van der Waals surface area contributed by atoms with Crippen molar-refractivity contribution in [3.8, 4) is 6.07 Å². The van der Waals surface area contributed by atoms with Gasteiger partial charge in [0.2, 0.25) is 5.95 Å². The smallest absolute Gasteiger partial charge is 0.229 e. The highest BCUT2D eigenvalue weighted by atomic mass is 32.1. The van der Waals surface area contributed by atoms with Crippen LogP contribution < -0.4 is 0 Å². The van der Waals surface area contributed by atoms with E-state index in [0.717, 1.165) is 0 Å². The molecule has 1 aromatic rings. The topological polar surface area (TPSA) is 49.2 Å². The number of hydrogen-bond acceptors (Lipinski definition) is 5. The maximum Gasteiger partial charge on any atom is 0.229 e. The molecule has 0 bridgehead atoms. The lowest BCUT2D eigenvalue weighted by Gasteiger charge is -2.29. The molecule has 2 rings (SSSR count). The van der Waals surface area contributed by atoms with Gasteiger partial charge in [-0.3, -0.25) is 4.90 Å². The Morgan fingerprint density at radius 3 is 2.87 bits per heavy atom. The van der Waals surface area contributed by atoms with Crippen LogP contribution in [0.5, 0.6) is 0 Å². The highest BCUT2D eigenvalue weighted by molar-refractivity contribution is 7.09. The van der Waals surface area contributed by atoms with E-state index in [1.807, 2.05) is 4.90 Å². The standard InChI is InChI=1S/C9H10FN3OS/c10-9-8(15-6-12-9)7(5-11)13-1-3-14-4-2-13/h6-7H,1-4H2. The molecule has 0 amide bonds. The largest absolute Gasteiger partial charge is 0.379 e. The number of rotatable bonds is 2. The minimum absolute atomic E-state index is 0.402. The van der Waals surface area contributed by atoms with Gasteiger partial charge in [0, 0.05) is 13.1 Å². The average molecular weight is 227 g/mol. The van der Waals surface area contributed by atoms with Crippen molar-refractivity contribution in [2.45, 2.75) is 6.04 Å². The van der Waals surface area contributed by atoms with E-state index in [-0.39, 0.29) is 0 Å². The monoisotopic (exact) mass is 227 g/mol. The summed E-state index contributed by atoms with van der Waals surface area (Å²) >= 11 is 1.18. The summed E-state index contributed by atoms with van der Waals surface area (Å²) in [6.45, 7) is 2.52. The molecule has 4 nitrogen and oxygen atoms in total. The molecule has 1 saturated heterocycles. The van der Waals surface area contributed by atoms with Crippen molar-refractivity contribution in [1.29, 1.82) is 5.26 Å². The molecule has 0 radical (unpaired) electrons. The molecule has 0 N–H and O–H groups in total. The van der Waals surface area contributed by atoms with E-state index in [0.29, 0.717) is 31.2 Å². The second kappa shape index (κ2) is 4.66. The van der Waals surface area contributed by atoms with E-state index in [4.69, 9.17) is 10.00 Å². The first-order valence-electron chi connectivity index (χ1n) is 4.63. The summed E-state index contributed by atoms with van der Waals surface area (Å²) < 4.78 is 18.4. The van der Waals surface area contributed by atoms with E-state index < -0.39 is 12.0 Å². The first-order chi connectivity index (χ1) is 7.33. The highest BCUT2D eigenvalue weighted by Crippen LogP contribution is 2.26. The number of morpholine rings is 1. The minimum Gasteiger partial charge on any atom is -0.379 e. The lowest BCUT2D eigenvalue weighted by molar-refractivity contribution is 0.0266. The zero-order chi connectivity index (χ0) is 10.7. The number of nitriles is 1. The van der Waals surface area contributed by atoms with Gasteiger partial charge < -0.3 is 4.74 Å². The fraction of sp³-hybridized carbons (Fsp3) is 0.556. The Bertz CT molecular complexity index is 370. The van der Waals surface area contributed by atoms with Crippen LogP contribution in [0.2, 0.25) is 0 Å². The number of halogens is 1. The highest BCUT2D eigenvalue weighted by Gasteiger charge is 2.26.